The molecule has 2 aromatic heterocycles. The summed E-state index contributed by atoms with van der Waals surface area (Å²) < 4.78 is 5.92. The minimum Gasteiger partial charge on any atom is -0.459 e. The van der Waals surface area contributed by atoms with E-state index in [1.165, 1.54) is 5.56 Å². The summed E-state index contributed by atoms with van der Waals surface area (Å²) in [6.45, 7) is 4.03. The highest BCUT2D eigenvalue weighted by molar-refractivity contribution is 5.79. The number of furan rings is 1. The molecule has 3 aromatic rings. The number of nitrogens with one attached hydrogen (secondary N) is 1. The number of nitrogens with zero attached hydrogens (tertiary/aromatic N) is 1. The maximum absolute atomic E-state index is 5.92. The summed E-state index contributed by atoms with van der Waals surface area (Å²) in [5.74, 6) is 6.52. The molecule has 0 aliphatic carbocycles. The fraction of sp³-hybridized carbons (Fsp3) is 0.188. The molecule has 1 aromatic carbocycles. The number of fused-ring (bicyclic) bond motifs is 1. The molecule has 0 spiro atoms. The Morgan fingerprint density at radius 1 is 1.20 bits per heavy atom. The van der Waals surface area contributed by atoms with Gasteiger partial charge in [-0.3, -0.25) is 10.8 Å². The summed E-state index contributed by atoms with van der Waals surface area (Å²) in [6.07, 6.45) is 1.77. The first kappa shape index (κ1) is 12.8. The minimum atomic E-state index is -0.198. The van der Waals surface area contributed by atoms with Gasteiger partial charge in [0.05, 0.1) is 0 Å². The third-order valence-electron chi connectivity index (χ3n) is 3.50. The van der Waals surface area contributed by atoms with Crippen molar-refractivity contribution < 1.29 is 4.42 Å². The van der Waals surface area contributed by atoms with Gasteiger partial charge in [0.1, 0.15) is 17.4 Å². The fourth-order valence-corrected chi connectivity index (χ4v) is 2.45. The summed E-state index contributed by atoms with van der Waals surface area (Å²) in [7, 11) is 0. The minimum absolute atomic E-state index is 0.198. The predicted octanol–water partition coefficient (Wildman–Crippen LogP) is 3.00. The number of hydrazine groups is 1. The molecule has 2 heterocycles. The monoisotopic (exact) mass is 267 g/mol. The molecule has 0 bridgehead atoms. The van der Waals surface area contributed by atoms with Crippen LogP contribution in [0.2, 0.25) is 0 Å². The molecule has 1 atom stereocenters. The van der Waals surface area contributed by atoms with E-state index < -0.39 is 0 Å². The van der Waals surface area contributed by atoms with Crippen molar-refractivity contribution in [2.24, 2.45) is 5.84 Å². The van der Waals surface area contributed by atoms with E-state index in [9.17, 15) is 0 Å². The topological polar surface area (TPSA) is 64.1 Å². The van der Waals surface area contributed by atoms with Gasteiger partial charge in [-0.2, -0.15) is 0 Å². The Labute approximate surface area is 117 Å². The first-order chi connectivity index (χ1) is 9.69. The van der Waals surface area contributed by atoms with Gasteiger partial charge in [-0.15, -0.1) is 0 Å². The van der Waals surface area contributed by atoms with Crippen LogP contribution < -0.4 is 11.3 Å². The molecule has 0 saturated carbocycles. The molecule has 0 fully saturated rings. The van der Waals surface area contributed by atoms with Crippen LogP contribution in [0.15, 0.2) is 47.0 Å². The molecular weight excluding hydrogens is 250 g/mol. The van der Waals surface area contributed by atoms with Crippen molar-refractivity contribution in [3.8, 4) is 0 Å². The van der Waals surface area contributed by atoms with Gasteiger partial charge in [-0.25, -0.2) is 5.43 Å². The third-order valence-corrected chi connectivity index (χ3v) is 3.50. The van der Waals surface area contributed by atoms with E-state index in [-0.39, 0.29) is 6.04 Å². The molecule has 3 N–H and O–H groups in total. The van der Waals surface area contributed by atoms with Crippen LogP contribution in [0.5, 0.6) is 0 Å². The normalized spacial score (nSPS) is 12.8. The zero-order valence-corrected chi connectivity index (χ0v) is 11.6. The highest BCUT2D eigenvalue weighted by Crippen LogP contribution is 2.29. The Balaban J connectivity index is 2.10. The number of pyridine rings is 1. The van der Waals surface area contributed by atoms with Gasteiger partial charge >= 0.3 is 0 Å². The Morgan fingerprint density at radius 3 is 2.80 bits per heavy atom. The van der Waals surface area contributed by atoms with Gasteiger partial charge in [0, 0.05) is 17.3 Å². The van der Waals surface area contributed by atoms with Crippen LogP contribution in [0, 0.1) is 13.8 Å². The van der Waals surface area contributed by atoms with E-state index in [2.05, 4.69) is 23.4 Å². The van der Waals surface area contributed by atoms with Crippen LogP contribution in [0.1, 0.15) is 28.6 Å². The lowest BCUT2D eigenvalue weighted by Gasteiger charge is -2.15. The molecule has 0 aliphatic heterocycles. The van der Waals surface area contributed by atoms with Gasteiger partial charge in [-0.1, -0.05) is 17.7 Å². The highest BCUT2D eigenvalue weighted by atomic mass is 16.3. The third kappa shape index (κ3) is 2.19. The molecular formula is C16H17N3O. The van der Waals surface area contributed by atoms with Crippen molar-refractivity contribution in [2.45, 2.75) is 19.9 Å². The fourth-order valence-electron chi connectivity index (χ4n) is 2.45. The Bertz CT molecular complexity index is 748. The van der Waals surface area contributed by atoms with Crippen LogP contribution in [-0.2, 0) is 0 Å². The highest BCUT2D eigenvalue weighted by Gasteiger charge is 2.19. The van der Waals surface area contributed by atoms with Crippen molar-refractivity contribution in [2.75, 3.05) is 0 Å². The summed E-state index contributed by atoms with van der Waals surface area (Å²) in [5.41, 5.74) is 6.85. The van der Waals surface area contributed by atoms with Gasteiger partial charge in [0.25, 0.3) is 0 Å². The van der Waals surface area contributed by atoms with E-state index in [1.54, 1.807) is 6.20 Å². The van der Waals surface area contributed by atoms with E-state index >= 15 is 0 Å². The van der Waals surface area contributed by atoms with Crippen LogP contribution in [0.4, 0.5) is 0 Å². The van der Waals surface area contributed by atoms with Crippen molar-refractivity contribution in [3.63, 3.8) is 0 Å². The SMILES string of the molecule is Cc1ccc2oc(C(NN)c3cccnc3C)cc2c1. The summed E-state index contributed by atoms with van der Waals surface area (Å²) in [4.78, 5) is 4.30. The van der Waals surface area contributed by atoms with Crippen LogP contribution in [0.3, 0.4) is 0 Å². The zero-order chi connectivity index (χ0) is 14.1. The Hall–Kier alpha value is -2.17. The molecule has 102 valence electrons. The molecule has 3 rings (SSSR count). The van der Waals surface area contributed by atoms with Gasteiger partial charge in [0.15, 0.2) is 0 Å². The second-order valence-electron chi connectivity index (χ2n) is 4.97. The maximum atomic E-state index is 5.92. The number of aromatic nitrogens is 1. The average molecular weight is 267 g/mol. The van der Waals surface area contributed by atoms with Crippen molar-refractivity contribution >= 4 is 11.0 Å². The second-order valence-corrected chi connectivity index (χ2v) is 4.97. The quantitative estimate of drug-likeness (QED) is 0.565. The number of benzene rings is 1. The van der Waals surface area contributed by atoms with Gasteiger partial charge < -0.3 is 4.42 Å². The summed E-state index contributed by atoms with van der Waals surface area (Å²) in [6, 6.07) is 11.9. The lowest BCUT2D eigenvalue weighted by molar-refractivity contribution is 0.475. The van der Waals surface area contributed by atoms with Crippen molar-refractivity contribution in [1.29, 1.82) is 0 Å². The van der Waals surface area contributed by atoms with E-state index in [0.29, 0.717) is 0 Å². The molecule has 1 unspecified atom stereocenters. The average Bonchev–Trinajstić information content (AvgIpc) is 2.84. The van der Waals surface area contributed by atoms with Crippen molar-refractivity contribution in [3.05, 3.63) is 65.2 Å². The first-order valence-electron chi connectivity index (χ1n) is 6.57. The molecule has 4 nitrogen and oxygen atoms in total. The van der Waals surface area contributed by atoms with E-state index in [0.717, 1.165) is 28.0 Å². The van der Waals surface area contributed by atoms with E-state index in [1.807, 2.05) is 37.3 Å². The van der Waals surface area contributed by atoms with Crippen LogP contribution in [-0.4, -0.2) is 4.98 Å². The number of hydrogen-bond acceptors (Lipinski definition) is 4. The van der Waals surface area contributed by atoms with E-state index in [4.69, 9.17) is 10.3 Å². The maximum Gasteiger partial charge on any atom is 0.134 e. The predicted molar refractivity (Wildman–Crippen MR) is 79.1 cm³/mol. The molecule has 0 saturated heterocycles. The Kier molecular flexibility index (Phi) is 3.26. The number of nitrogens with two attached hydrogens (primary N) is 1. The van der Waals surface area contributed by atoms with Gasteiger partial charge in [0.2, 0.25) is 0 Å². The zero-order valence-electron chi connectivity index (χ0n) is 11.6. The second kappa shape index (κ2) is 5.07. The first-order valence-corrected chi connectivity index (χ1v) is 6.57. The summed E-state index contributed by atoms with van der Waals surface area (Å²) >= 11 is 0. The molecule has 0 aliphatic rings. The lowest BCUT2D eigenvalue weighted by Crippen LogP contribution is -2.29. The van der Waals surface area contributed by atoms with Crippen molar-refractivity contribution in [1.82, 2.24) is 10.4 Å². The van der Waals surface area contributed by atoms with Crippen LogP contribution >= 0.6 is 0 Å². The molecule has 20 heavy (non-hydrogen) atoms. The molecule has 4 heteroatoms. The number of rotatable bonds is 3. The number of hydrogen-bond donors (Lipinski definition) is 2. The molecule has 0 amide bonds. The van der Waals surface area contributed by atoms with Gasteiger partial charge in [-0.05, 0) is 43.7 Å². The standard InChI is InChI=1S/C16H17N3O/c1-10-5-6-14-12(8-10)9-15(20-14)16(19-17)13-4-3-7-18-11(13)2/h3-9,16,19H,17H2,1-2H3. The lowest BCUT2D eigenvalue weighted by atomic mass is 10.0. The smallest absolute Gasteiger partial charge is 0.134 e. The summed E-state index contributed by atoms with van der Waals surface area (Å²) in [5, 5.41) is 1.08. The largest absolute Gasteiger partial charge is 0.459 e. The molecule has 0 radical (unpaired) electrons. The number of aryl methyl sites for hydroxylation is 2. The van der Waals surface area contributed by atoms with Crippen LogP contribution in [0.25, 0.3) is 11.0 Å². The Morgan fingerprint density at radius 2 is 2.05 bits per heavy atom.